The van der Waals surface area contributed by atoms with Crippen molar-refractivity contribution in [1.82, 2.24) is 5.32 Å². The number of hydrogen-bond donors (Lipinski definition) is 1. The standard InChI is InChI=1S/C17H21Br2NS/c1-5-6-20-16(15-9-12(4)17(19)21-15)13-7-11(3)14(18)8-10(13)2/h7-9,16,20H,5-6H2,1-4H3. The van der Waals surface area contributed by atoms with Crippen LogP contribution >= 0.6 is 43.2 Å². The van der Waals surface area contributed by atoms with Gasteiger partial charge in [0, 0.05) is 9.35 Å². The van der Waals surface area contributed by atoms with Gasteiger partial charge in [-0.1, -0.05) is 28.9 Å². The van der Waals surface area contributed by atoms with E-state index in [1.54, 1.807) is 0 Å². The van der Waals surface area contributed by atoms with Gasteiger partial charge in [0.2, 0.25) is 0 Å². The molecule has 0 bridgehead atoms. The quantitative estimate of drug-likeness (QED) is 0.587. The largest absolute Gasteiger partial charge is 0.306 e. The van der Waals surface area contributed by atoms with E-state index in [0.717, 1.165) is 13.0 Å². The van der Waals surface area contributed by atoms with Crippen molar-refractivity contribution in [2.45, 2.75) is 40.2 Å². The molecule has 1 atom stereocenters. The minimum atomic E-state index is 0.270. The maximum Gasteiger partial charge on any atom is 0.0731 e. The summed E-state index contributed by atoms with van der Waals surface area (Å²) in [5.41, 5.74) is 5.29. The molecule has 0 saturated heterocycles. The Morgan fingerprint density at radius 3 is 2.33 bits per heavy atom. The fourth-order valence-electron chi connectivity index (χ4n) is 2.39. The Hall–Kier alpha value is -0.160. The van der Waals surface area contributed by atoms with Crippen molar-refractivity contribution in [1.29, 1.82) is 0 Å². The highest BCUT2D eigenvalue weighted by Crippen LogP contribution is 2.36. The van der Waals surface area contributed by atoms with Crippen LogP contribution in [0, 0.1) is 20.8 Å². The zero-order chi connectivity index (χ0) is 15.6. The first-order chi connectivity index (χ1) is 9.93. The number of thiophene rings is 1. The highest BCUT2D eigenvalue weighted by atomic mass is 79.9. The van der Waals surface area contributed by atoms with Crippen LogP contribution in [0.15, 0.2) is 26.5 Å². The van der Waals surface area contributed by atoms with Crippen LogP contribution in [-0.2, 0) is 0 Å². The molecule has 2 aromatic rings. The molecule has 0 amide bonds. The van der Waals surface area contributed by atoms with Crippen LogP contribution in [0.5, 0.6) is 0 Å². The second-order valence-electron chi connectivity index (χ2n) is 5.45. The van der Waals surface area contributed by atoms with Crippen LogP contribution in [0.3, 0.4) is 0 Å². The van der Waals surface area contributed by atoms with Crippen molar-refractivity contribution in [2.75, 3.05) is 6.54 Å². The topological polar surface area (TPSA) is 12.0 Å². The summed E-state index contributed by atoms with van der Waals surface area (Å²) in [6.45, 7) is 9.73. The van der Waals surface area contributed by atoms with Gasteiger partial charge in [-0.25, -0.2) is 0 Å². The molecule has 1 heterocycles. The minimum Gasteiger partial charge on any atom is -0.306 e. The number of aryl methyl sites for hydroxylation is 3. The molecule has 1 unspecified atom stereocenters. The molecule has 0 radical (unpaired) electrons. The van der Waals surface area contributed by atoms with E-state index in [9.17, 15) is 0 Å². The molecule has 0 aliphatic carbocycles. The molecule has 1 aromatic heterocycles. The Balaban J connectivity index is 2.47. The van der Waals surface area contributed by atoms with Gasteiger partial charge in [-0.15, -0.1) is 11.3 Å². The summed E-state index contributed by atoms with van der Waals surface area (Å²) < 4.78 is 2.41. The van der Waals surface area contributed by atoms with Gasteiger partial charge < -0.3 is 5.32 Å². The lowest BCUT2D eigenvalue weighted by atomic mass is 9.97. The molecule has 1 nitrogen and oxygen atoms in total. The second kappa shape index (κ2) is 7.40. The number of benzene rings is 1. The van der Waals surface area contributed by atoms with Gasteiger partial charge in [-0.05, 0) is 84.1 Å². The molecule has 0 aliphatic rings. The van der Waals surface area contributed by atoms with Crippen molar-refractivity contribution in [3.63, 3.8) is 0 Å². The van der Waals surface area contributed by atoms with Gasteiger partial charge in [0.15, 0.2) is 0 Å². The average Bonchev–Trinajstić information content (AvgIpc) is 2.75. The van der Waals surface area contributed by atoms with Crippen LogP contribution in [0.4, 0.5) is 0 Å². The number of rotatable bonds is 5. The third kappa shape index (κ3) is 3.98. The second-order valence-corrected chi connectivity index (χ2v) is 8.71. The molecule has 0 spiro atoms. The first-order valence-electron chi connectivity index (χ1n) is 7.19. The number of nitrogens with one attached hydrogen (secondary N) is 1. The summed E-state index contributed by atoms with van der Waals surface area (Å²) >= 11 is 9.11. The summed E-state index contributed by atoms with van der Waals surface area (Å²) in [5.74, 6) is 0. The Kier molecular flexibility index (Phi) is 6.06. The summed E-state index contributed by atoms with van der Waals surface area (Å²) in [5, 5.41) is 3.70. The van der Waals surface area contributed by atoms with E-state index in [1.165, 1.54) is 35.4 Å². The Morgan fingerprint density at radius 1 is 1.05 bits per heavy atom. The van der Waals surface area contributed by atoms with E-state index >= 15 is 0 Å². The summed E-state index contributed by atoms with van der Waals surface area (Å²) in [6.07, 6.45) is 1.14. The van der Waals surface area contributed by atoms with Gasteiger partial charge in [-0.3, -0.25) is 0 Å². The van der Waals surface area contributed by atoms with Crippen LogP contribution in [0.25, 0.3) is 0 Å². The van der Waals surface area contributed by atoms with Crippen molar-refractivity contribution in [3.05, 3.63) is 53.6 Å². The molecule has 0 aliphatic heterocycles. The molecule has 4 heteroatoms. The predicted molar refractivity (Wildman–Crippen MR) is 101 cm³/mol. The average molecular weight is 431 g/mol. The molecule has 114 valence electrons. The van der Waals surface area contributed by atoms with Gasteiger partial charge in [0.1, 0.15) is 0 Å². The summed E-state index contributed by atoms with van der Waals surface area (Å²) in [7, 11) is 0. The Morgan fingerprint density at radius 2 is 1.76 bits per heavy atom. The first-order valence-corrected chi connectivity index (χ1v) is 9.60. The van der Waals surface area contributed by atoms with E-state index < -0.39 is 0 Å². The Bertz CT molecular complexity index is 614. The predicted octanol–water partition coefficient (Wildman–Crippen LogP) is 6.29. The van der Waals surface area contributed by atoms with E-state index in [2.05, 4.69) is 83.1 Å². The molecule has 1 N–H and O–H groups in total. The molecular formula is C17H21Br2NS. The van der Waals surface area contributed by atoms with Gasteiger partial charge in [-0.2, -0.15) is 0 Å². The first kappa shape index (κ1) is 17.2. The van der Waals surface area contributed by atoms with Crippen molar-refractivity contribution in [2.24, 2.45) is 0 Å². The van der Waals surface area contributed by atoms with E-state index in [0.29, 0.717) is 0 Å². The molecule has 0 saturated carbocycles. The zero-order valence-electron chi connectivity index (χ0n) is 12.9. The Labute approximate surface area is 148 Å². The maximum absolute atomic E-state index is 3.70. The summed E-state index contributed by atoms with van der Waals surface area (Å²) in [4.78, 5) is 1.37. The SMILES string of the molecule is CCCNC(c1cc(C)c(Br)s1)c1cc(C)c(Br)cc1C. The smallest absolute Gasteiger partial charge is 0.0731 e. The molecule has 21 heavy (non-hydrogen) atoms. The third-order valence-electron chi connectivity index (χ3n) is 3.62. The summed E-state index contributed by atoms with van der Waals surface area (Å²) in [6, 6.07) is 7.09. The highest BCUT2D eigenvalue weighted by molar-refractivity contribution is 9.11. The van der Waals surface area contributed by atoms with Crippen molar-refractivity contribution in [3.8, 4) is 0 Å². The molecule has 2 rings (SSSR count). The van der Waals surface area contributed by atoms with E-state index in [-0.39, 0.29) is 6.04 Å². The monoisotopic (exact) mass is 429 g/mol. The lowest BCUT2D eigenvalue weighted by Crippen LogP contribution is -2.23. The molecule has 1 aromatic carbocycles. The van der Waals surface area contributed by atoms with Crippen LogP contribution in [-0.4, -0.2) is 6.54 Å². The van der Waals surface area contributed by atoms with Gasteiger partial charge in [0.05, 0.1) is 9.83 Å². The zero-order valence-corrected chi connectivity index (χ0v) is 16.9. The molecule has 0 fully saturated rings. The normalized spacial score (nSPS) is 12.7. The number of halogens is 2. The van der Waals surface area contributed by atoms with Gasteiger partial charge >= 0.3 is 0 Å². The fraction of sp³-hybridized carbons (Fsp3) is 0.412. The minimum absolute atomic E-state index is 0.270. The van der Waals surface area contributed by atoms with E-state index in [1.807, 2.05) is 11.3 Å². The van der Waals surface area contributed by atoms with Crippen molar-refractivity contribution >= 4 is 43.2 Å². The lowest BCUT2D eigenvalue weighted by Gasteiger charge is -2.21. The fourth-order valence-corrected chi connectivity index (χ4v) is 4.52. The van der Waals surface area contributed by atoms with Crippen molar-refractivity contribution < 1.29 is 0 Å². The van der Waals surface area contributed by atoms with E-state index in [4.69, 9.17) is 0 Å². The van der Waals surface area contributed by atoms with Crippen LogP contribution < -0.4 is 5.32 Å². The maximum atomic E-state index is 3.70. The third-order valence-corrected chi connectivity index (χ3v) is 6.67. The van der Waals surface area contributed by atoms with Crippen LogP contribution in [0.1, 0.15) is 46.5 Å². The molecular weight excluding hydrogens is 410 g/mol. The van der Waals surface area contributed by atoms with Crippen LogP contribution in [0.2, 0.25) is 0 Å². The highest BCUT2D eigenvalue weighted by Gasteiger charge is 2.19. The van der Waals surface area contributed by atoms with Gasteiger partial charge in [0.25, 0.3) is 0 Å². The number of hydrogen-bond acceptors (Lipinski definition) is 2. The lowest BCUT2D eigenvalue weighted by molar-refractivity contribution is 0.603.